The van der Waals surface area contributed by atoms with E-state index in [4.69, 9.17) is 28.7 Å². The molecule has 2 aromatic carbocycles. The molecule has 3 unspecified atom stereocenters. The number of aliphatic carboxylic acids is 1. The molecule has 1 fully saturated rings. The Morgan fingerprint density at radius 1 is 0.975 bits per heavy atom. The van der Waals surface area contributed by atoms with Crippen molar-refractivity contribution in [2.24, 2.45) is 0 Å². The highest BCUT2D eigenvalue weighted by molar-refractivity contribution is 6.15. The predicted octanol–water partition coefficient (Wildman–Crippen LogP) is 0.927. The molecule has 1 saturated heterocycles. The number of anilines is 1. The second-order valence-corrected chi connectivity index (χ2v) is 20.8. The number of aromatic nitrogens is 2. The molecule has 8 atom stereocenters. The first-order valence-corrected chi connectivity index (χ1v) is 25.2. The fourth-order valence-corrected chi connectivity index (χ4v) is 10.4. The van der Waals surface area contributed by atoms with E-state index in [1.54, 1.807) is 34.6 Å². The third kappa shape index (κ3) is 10.4. The third-order valence-corrected chi connectivity index (χ3v) is 14.4. The molecule has 9 rings (SSSR count). The molecule has 2 aromatic heterocycles. The first kappa shape index (κ1) is 56.4. The van der Waals surface area contributed by atoms with Crippen molar-refractivity contribution >= 4 is 64.3 Å². The molecule has 6 amide bonds. The number of cyclic esters (lactones) is 1. The number of benzene rings is 2. The first-order chi connectivity index (χ1) is 37.7. The van der Waals surface area contributed by atoms with E-state index in [9.17, 15) is 68.7 Å². The summed E-state index contributed by atoms with van der Waals surface area (Å²) >= 11 is 0. The second kappa shape index (κ2) is 21.4. The van der Waals surface area contributed by atoms with Gasteiger partial charge in [0.05, 0.1) is 53.8 Å². The number of pyridine rings is 2. The smallest absolute Gasteiger partial charge is 0.407 e. The molecular formula is C53H56FN7O19. The van der Waals surface area contributed by atoms with Gasteiger partial charge in [-0.05, 0) is 87.4 Å². The van der Waals surface area contributed by atoms with Crippen molar-refractivity contribution in [3.63, 3.8) is 0 Å². The lowest BCUT2D eigenvalue weighted by Crippen LogP contribution is -2.61. The summed E-state index contributed by atoms with van der Waals surface area (Å²) in [5, 5.41) is 61.0. The fraction of sp³-hybridized carbons (Fsp3) is 0.434. The van der Waals surface area contributed by atoms with E-state index < -0.39 is 133 Å². The number of rotatable bonds is 14. The van der Waals surface area contributed by atoms with E-state index >= 15 is 4.39 Å². The van der Waals surface area contributed by atoms with Gasteiger partial charge in [-0.15, -0.1) is 0 Å². The van der Waals surface area contributed by atoms with Gasteiger partial charge in [0, 0.05) is 41.8 Å². The number of aryl methyl sites for hydroxylation is 1. The van der Waals surface area contributed by atoms with Gasteiger partial charge in [0.25, 0.3) is 17.4 Å². The number of esters is 1. The molecule has 26 nitrogen and oxygen atoms in total. The summed E-state index contributed by atoms with van der Waals surface area (Å²) in [6.07, 6.45) is -9.91. The number of fused-ring (bicyclic) bond motifs is 5. The lowest BCUT2D eigenvalue weighted by Gasteiger charge is -2.38. The Hall–Kier alpha value is -8.37. The second-order valence-electron chi connectivity index (χ2n) is 20.8. The van der Waals surface area contributed by atoms with Crippen LogP contribution in [-0.2, 0) is 79.5 Å². The zero-order valence-corrected chi connectivity index (χ0v) is 43.9. The molecule has 4 aromatic rings. The number of hydrogen-bond acceptors (Lipinski definition) is 19. The van der Waals surface area contributed by atoms with Crippen molar-refractivity contribution in [1.29, 1.82) is 0 Å². The maximum Gasteiger partial charge on any atom is 0.407 e. The Morgan fingerprint density at radius 2 is 1.69 bits per heavy atom. The topological polar surface area (TPSA) is 361 Å². The SMILES string of the molecule is CC[C@@]1(O)C(=O)OCc2c1cc1n(c2=O)Cc2c-1nc1cc(F)c(C)c3c1c2[C@@H](NC(=O)OCc1ccc(O[C@H]2OC(C(=O)O)[C@@H](O)C(O)C2O)c(NC(=O)CN(C)C(=O)[C@H](CNC(=O)OC(C)(C)C)N2C(=O)C=CC2=O)c1)CC3. The average Bonchev–Trinajstić information content (AvgIpc) is 4.09. The summed E-state index contributed by atoms with van der Waals surface area (Å²) in [5.74, 6) is -7.17. The van der Waals surface area contributed by atoms with Crippen LogP contribution in [0.1, 0.15) is 85.5 Å². The largest absolute Gasteiger partial charge is 0.479 e. The van der Waals surface area contributed by atoms with Crippen molar-refractivity contribution in [3.05, 3.63) is 97.6 Å². The van der Waals surface area contributed by atoms with E-state index in [1.807, 2.05) is 0 Å². The van der Waals surface area contributed by atoms with Crippen molar-refractivity contribution in [2.75, 3.05) is 25.5 Å². The van der Waals surface area contributed by atoms with Gasteiger partial charge in [0.15, 0.2) is 11.7 Å². The number of carboxylic acid groups (broad SMARTS) is 1. The van der Waals surface area contributed by atoms with Gasteiger partial charge in [-0.25, -0.2) is 28.6 Å². The molecule has 1 aliphatic carbocycles. The molecule has 0 radical (unpaired) electrons. The number of aliphatic hydroxyl groups excluding tert-OH is 3. The summed E-state index contributed by atoms with van der Waals surface area (Å²) in [6.45, 7) is 5.63. The number of carbonyl (C=O) groups is 8. The van der Waals surface area contributed by atoms with Crippen LogP contribution in [0.2, 0.25) is 0 Å². The molecule has 424 valence electrons. The van der Waals surface area contributed by atoms with Gasteiger partial charge < -0.3 is 74.6 Å². The third-order valence-electron chi connectivity index (χ3n) is 14.4. The number of nitrogens with one attached hydrogen (secondary N) is 3. The number of halogens is 1. The molecule has 80 heavy (non-hydrogen) atoms. The summed E-state index contributed by atoms with van der Waals surface area (Å²) in [6, 6.07) is 4.11. The van der Waals surface area contributed by atoms with Crippen LogP contribution in [0.3, 0.4) is 0 Å². The number of ether oxygens (including phenoxy) is 5. The average molecular weight is 1110 g/mol. The summed E-state index contributed by atoms with van der Waals surface area (Å²) in [4.78, 5) is 125. The summed E-state index contributed by atoms with van der Waals surface area (Å²) in [7, 11) is 1.17. The standard InChI is InChI=1S/C53H56FN7O19/c1-7-53(75)27-15-32-40-25(18-60(32)45(68)26(27)21-76-49(53)72)39-29(10-9-24-22(2)28(54)16-31(57-40)38(24)39)58-51(74)77-20-23-8-11-34(78-48-43(67)41(65)42(66)44(79-48)47(70)71)30(14-23)56-35(62)19-59(6)46(69)33(61-36(63)12-13-37(61)64)17-55-50(73)80-52(3,4)5/h8,11-16,29,33,41-44,48,65-67,75H,7,9-10,17-21H2,1-6H3,(H,55,73)(H,56,62)(H,58,74)(H,70,71)/t29-,33-,41?,42-,43?,44?,48-,53-/m0/s1. The maximum absolute atomic E-state index is 15.5. The first-order valence-electron chi connectivity index (χ1n) is 25.2. The molecule has 4 aliphatic heterocycles. The van der Waals surface area contributed by atoms with Crippen LogP contribution < -0.4 is 26.2 Å². The van der Waals surface area contributed by atoms with Crippen LogP contribution in [0.5, 0.6) is 5.75 Å². The number of carbonyl (C=O) groups excluding carboxylic acids is 7. The van der Waals surface area contributed by atoms with Crippen molar-refractivity contribution in [1.82, 2.24) is 30.0 Å². The minimum absolute atomic E-state index is 0.0376. The number of hydrogen-bond donors (Lipinski definition) is 8. The minimum Gasteiger partial charge on any atom is -0.479 e. The van der Waals surface area contributed by atoms with Crippen LogP contribution in [0, 0.1) is 12.7 Å². The highest BCUT2D eigenvalue weighted by Crippen LogP contribution is 2.46. The van der Waals surface area contributed by atoms with Gasteiger partial charge in [0.2, 0.25) is 18.1 Å². The number of aliphatic hydroxyl groups is 4. The van der Waals surface area contributed by atoms with Gasteiger partial charge in [-0.2, -0.15) is 0 Å². The number of nitrogens with zero attached hydrogens (tertiary/aromatic N) is 4. The monoisotopic (exact) mass is 1110 g/mol. The summed E-state index contributed by atoms with van der Waals surface area (Å²) < 4.78 is 44.2. The van der Waals surface area contributed by atoms with Crippen LogP contribution in [0.25, 0.3) is 22.3 Å². The molecule has 8 N–H and O–H groups in total. The van der Waals surface area contributed by atoms with Gasteiger partial charge in [-0.1, -0.05) is 13.0 Å². The van der Waals surface area contributed by atoms with Crippen molar-refractivity contribution in [2.45, 2.75) is 128 Å². The Kier molecular flexibility index (Phi) is 15.0. The van der Waals surface area contributed by atoms with Crippen LogP contribution in [0.4, 0.5) is 19.7 Å². The molecule has 0 saturated carbocycles. The Bertz CT molecular complexity index is 3390. The maximum atomic E-state index is 15.5. The van der Waals surface area contributed by atoms with Crippen molar-refractivity contribution < 1.29 is 92.0 Å². The molecular weight excluding hydrogens is 1060 g/mol. The molecule has 0 bridgehead atoms. The molecule has 6 heterocycles. The fourth-order valence-electron chi connectivity index (χ4n) is 10.4. The highest BCUT2D eigenvalue weighted by Gasteiger charge is 2.49. The van der Waals surface area contributed by atoms with E-state index in [1.165, 1.54) is 41.9 Å². The lowest BCUT2D eigenvalue weighted by molar-refractivity contribution is -0.271. The zero-order chi connectivity index (χ0) is 58.0. The molecule has 27 heteroatoms. The van der Waals surface area contributed by atoms with Crippen molar-refractivity contribution in [3.8, 4) is 17.1 Å². The minimum atomic E-state index is -2.11. The van der Waals surface area contributed by atoms with Gasteiger partial charge >= 0.3 is 24.1 Å². The Morgan fingerprint density at radius 3 is 2.36 bits per heavy atom. The number of amides is 6. The molecule has 5 aliphatic rings. The quantitative estimate of drug-likeness (QED) is 0.0435. The van der Waals surface area contributed by atoms with Gasteiger partial charge in [-0.3, -0.25) is 28.9 Å². The van der Waals surface area contributed by atoms with E-state index in [0.29, 0.717) is 39.0 Å². The zero-order valence-electron chi connectivity index (χ0n) is 43.9. The normalized spacial score (nSPS) is 23.1. The summed E-state index contributed by atoms with van der Waals surface area (Å²) in [5.41, 5.74) is -0.699. The van der Waals surface area contributed by atoms with Crippen LogP contribution >= 0.6 is 0 Å². The Labute approximate surface area is 453 Å². The predicted molar refractivity (Wildman–Crippen MR) is 270 cm³/mol. The number of likely N-dealkylation sites (N-methyl/N-ethyl adjacent to an activating group) is 1. The highest BCUT2D eigenvalue weighted by atomic mass is 19.1. The van der Waals surface area contributed by atoms with E-state index in [0.717, 1.165) is 17.1 Å². The molecule has 0 spiro atoms. The van der Waals surface area contributed by atoms with Gasteiger partial charge in [0.1, 0.15) is 54.7 Å². The number of alkyl carbamates (subject to hydrolysis) is 2. The number of imide groups is 1. The number of carboxylic acids is 1. The van der Waals surface area contributed by atoms with E-state index in [2.05, 4.69) is 16.0 Å². The van der Waals surface area contributed by atoms with Crippen LogP contribution in [-0.4, -0.2) is 155 Å². The van der Waals surface area contributed by atoms with E-state index in [-0.39, 0.29) is 71.0 Å². The Balaban J connectivity index is 0.972. The van der Waals surface area contributed by atoms with Crippen LogP contribution in [0.15, 0.2) is 47.3 Å². The lowest BCUT2D eigenvalue weighted by atomic mass is 9.81.